The maximum Gasteiger partial charge on any atom is 0.255 e. The smallest absolute Gasteiger partial charge is 0.255 e. The molecule has 0 saturated heterocycles. The Labute approximate surface area is 200 Å². The number of rotatable bonds is 6. The third-order valence-corrected chi connectivity index (χ3v) is 6.47. The molecule has 0 aliphatic carbocycles. The molecule has 9 heteroatoms. The minimum absolute atomic E-state index is 0.263. The summed E-state index contributed by atoms with van der Waals surface area (Å²) in [5.41, 5.74) is 2.66. The van der Waals surface area contributed by atoms with Crippen molar-refractivity contribution >= 4 is 28.9 Å². The van der Waals surface area contributed by atoms with Gasteiger partial charge in [-0.15, -0.1) is 16.4 Å². The molecule has 0 spiro atoms. The number of fused-ring (bicyclic) bond motifs is 1. The number of nitrogens with one attached hydrogen (secondary N) is 2. The van der Waals surface area contributed by atoms with E-state index in [0.29, 0.717) is 40.2 Å². The summed E-state index contributed by atoms with van der Waals surface area (Å²) in [6.45, 7) is 1.87. The number of hydrogen-bond acceptors (Lipinski definition) is 7. The summed E-state index contributed by atoms with van der Waals surface area (Å²) in [5, 5.41) is 13.0. The van der Waals surface area contributed by atoms with Crippen LogP contribution >= 0.6 is 11.3 Å². The van der Waals surface area contributed by atoms with E-state index in [9.17, 15) is 4.79 Å². The number of carbonyl (C=O) groups is 1. The summed E-state index contributed by atoms with van der Waals surface area (Å²) >= 11 is 1.56. The highest BCUT2D eigenvalue weighted by Gasteiger charge is 2.35. The number of nitrogens with zero attached hydrogens (tertiary/aromatic N) is 3. The van der Waals surface area contributed by atoms with E-state index < -0.39 is 6.04 Å². The molecule has 0 unspecified atom stereocenters. The van der Waals surface area contributed by atoms with Gasteiger partial charge in [0.2, 0.25) is 5.95 Å². The Bertz CT molecular complexity index is 1380. The lowest BCUT2D eigenvalue weighted by Crippen LogP contribution is -2.31. The number of methoxy groups -OCH3 is 2. The van der Waals surface area contributed by atoms with E-state index >= 15 is 0 Å². The molecule has 3 heterocycles. The number of anilines is 2. The molecule has 1 aliphatic rings. The summed E-state index contributed by atoms with van der Waals surface area (Å²) in [5.74, 6) is 2.18. The van der Waals surface area contributed by atoms with E-state index in [1.54, 1.807) is 42.4 Å². The fraction of sp³-hybridized carbons (Fsp3) is 0.160. The highest BCUT2D eigenvalue weighted by Crippen LogP contribution is 2.38. The van der Waals surface area contributed by atoms with Gasteiger partial charge in [0.15, 0.2) is 5.82 Å². The maximum atomic E-state index is 13.7. The summed E-state index contributed by atoms with van der Waals surface area (Å²) in [4.78, 5) is 19.3. The third kappa shape index (κ3) is 3.90. The van der Waals surface area contributed by atoms with Gasteiger partial charge in [0.1, 0.15) is 17.5 Å². The first kappa shape index (κ1) is 21.7. The SMILES string of the molecule is COc1cccc([C@H]2C(C(=O)Nc3ccccc3OC)=C(C)Nc3nc(-c4cccs4)nn32)c1. The van der Waals surface area contributed by atoms with Crippen molar-refractivity contribution in [3.05, 3.63) is 82.9 Å². The predicted octanol–water partition coefficient (Wildman–Crippen LogP) is 4.95. The molecular formula is C25H23N5O3S. The van der Waals surface area contributed by atoms with Crippen LogP contribution in [0, 0.1) is 0 Å². The zero-order valence-corrected chi connectivity index (χ0v) is 19.7. The summed E-state index contributed by atoms with van der Waals surface area (Å²) < 4.78 is 12.6. The van der Waals surface area contributed by atoms with Crippen LogP contribution in [0.1, 0.15) is 18.5 Å². The predicted molar refractivity (Wildman–Crippen MR) is 132 cm³/mol. The second-order valence-corrected chi connectivity index (χ2v) is 8.63. The first-order valence-electron chi connectivity index (χ1n) is 10.7. The number of ether oxygens (including phenoxy) is 2. The molecule has 2 aromatic heterocycles. The minimum Gasteiger partial charge on any atom is -0.497 e. The lowest BCUT2D eigenvalue weighted by atomic mass is 9.95. The third-order valence-electron chi connectivity index (χ3n) is 5.60. The molecular weight excluding hydrogens is 450 g/mol. The van der Waals surface area contributed by atoms with Gasteiger partial charge in [-0.2, -0.15) is 4.98 Å². The van der Waals surface area contributed by atoms with Gasteiger partial charge in [-0.05, 0) is 48.2 Å². The quantitative estimate of drug-likeness (QED) is 0.412. The molecule has 0 fully saturated rings. The summed E-state index contributed by atoms with van der Waals surface area (Å²) in [7, 11) is 3.19. The second kappa shape index (κ2) is 9.03. The van der Waals surface area contributed by atoms with Crippen molar-refractivity contribution in [2.45, 2.75) is 13.0 Å². The van der Waals surface area contributed by atoms with Crippen LogP contribution in [-0.2, 0) is 4.79 Å². The summed E-state index contributed by atoms with van der Waals surface area (Å²) in [6.07, 6.45) is 0. The van der Waals surface area contributed by atoms with Gasteiger partial charge in [0.05, 0.1) is 30.4 Å². The van der Waals surface area contributed by atoms with E-state index in [1.807, 2.05) is 60.8 Å². The zero-order chi connectivity index (χ0) is 23.7. The molecule has 0 radical (unpaired) electrons. The van der Waals surface area contributed by atoms with Crippen molar-refractivity contribution in [3.8, 4) is 22.2 Å². The highest BCUT2D eigenvalue weighted by atomic mass is 32.1. The van der Waals surface area contributed by atoms with Crippen LogP contribution in [0.25, 0.3) is 10.7 Å². The van der Waals surface area contributed by atoms with E-state index in [1.165, 1.54) is 0 Å². The zero-order valence-electron chi connectivity index (χ0n) is 18.9. The number of benzene rings is 2. The number of para-hydroxylation sites is 2. The molecule has 5 rings (SSSR count). The topological polar surface area (TPSA) is 90.3 Å². The Balaban J connectivity index is 1.61. The normalized spacial score (nSPS) is 14.9. The Morgan fingerprint density at radius 3 is 2.71 bits per heavy atom. The Morgan fingerprint density at radius 2 is 1.94 bits per heavy atom. The monoisotopic (exact) mass is 473 g/mol. The molecule has 8 nitrogen and oxygen atoms in total. The number of hydrogen-bond donors (Lipinski definition) is 2. The number of aromatic nitrogens is 3. The van der Waals surface area contributed by atoms with E-state index in [-0.39, 0.29) is 5.91 Å². The molecule has 1 aliphatic heterocycles. The molecule has 2 N–H and O–H groups in total. The Hall–Kier alpha value is -4.11. The van der Waals surface area contributed by atoms with Gasteiger partial charge in [-0.1, -0.05) is 30.3 Å². The van der Waals surface area contributed by atoms with Crippen LogP contribution in [-0.4, -0.2) is 34.9 Å². The van der Waals surface area contributed by atoms with Gasteiger partial charge in [0, 0.05) is 5.70 Å². The van der Waals surface area contributed by atoms with Gasteiger partial charge < -0.3 is 20.1 Å². The largest absolute Gasteiger partial charge is 0.497 e. The molecule has 1 atom stereocenters. The Morgan fingerprint density at radius 1 is 1.09 bits per heavy atom. The van der Waals surface area contributed by atoms with Crippen LogP contribution in [0.15, 0.2) is 77.3 Å². The first-order chi connectivity index (χ1) is 16.6. The fourth-order valence-electron chi connectivity index (χ4n) is 4.01. The molecule has 4 aromatic rings. The van der Waals surface area contributed by atoms with E-state index in [2.05, 4.69) is 10.6 Å². The number of allylic oxidation sites excluding steroid dienone is 1. The van der Waals surface area contributed by atoms with Crippen molar-refractivity contribution in [2.24, 2.45) is 0 Å². The lowest BCUT2D eigenvalue weighted by Gasteiger charge is -2.29. The molecule has 34 heavy (non-hydrogen) atoms. The van der Waals surface area contributed by atoms with Crippen molar-refractivity contribution in [1.29, 1.82) is 0 Å². The van der Waals surface area contributed by atoms with E-state index in [4.69, 9.17) is 19.6 Å². The van der Waals surface area contributed by atoms with Gasteiger partial charge in [-0.3, -0.25) is 4.79 Å². The number of amides is 1. The molecule has 0 bridgehead atoms. The number of thiophene rings is 1. The van der Waals surface area contributed by atoms with Gasteiger partial charge in [0.25, 0.3) is 5.91 Å². The highest BCUT2D eigenvalue weighted by molar-refractivity contribution is 7.13. The summed E-state index contributed by atoms with van der Waals surface area (Å²) in [6, 6.07) is 18.4. The van der Waals surface area contributed by atoms with Gasteiger partial charge in [-0.25, -0.2) is 4.68 Å². The van der Waals surface area contributed by atoms with E-state index in [0.717, 1.165) is 10.4 Å². The average molecular weight is 474 g/mol. The molecule has 0 saturated carbocycles. The fourth-order valence-corrected chi connectivity index (χ4v) is 4.67. The van der Waals surface area contributed by atoms with Crippen LogP contribution in [0.4, 0.5) is 11.6 Å². The average Bonchev–Trinajstić information content (AvgIpc) is 3.53. The van der Waals surface area contributed by atoms with Crippen molar-refractivity contribution < 1.29 is 14.3 Å². The Kier molecular flexibility index (Phi) is 5.77. The molecule has 1 amide bonds. The van der Waals surface area contributed by atoms with Crippen LogP contribution < -0.4 is 20.1 Å². The van der Waals surface area contributed by atoms with Gasteiger partial charge >= 0.3 is 0 Å². The van der Waals surface area contributed by atoms with Crippen LogP contribution in [0.2, 0.25) is 0 Å². The molecule has 2 aromatic carbocycles. The lowest BCUT2D eigenvalue weighted by molar-refractivity contribution is -0.113. The van der Waals surface area contributed by atoms with Crippen LogP contribution in [0.3, 0.4) is 0 Å². The van der Waals surface area contributed by atoms with Crippen LogP contribution in [0.5, 0.6) is 11.5 Å². The number of carbonyl (C=O) groups excluding carboxylic acids is 1. The first-order valence-corrected chi connectivity index (χ1v) is 11.5. The minimum atomic E-state index is -0.512. The maximum absolute atomic E-state index is 13.7. The second-order valence-electron chi connectivity index (χ2n) is 7.68. The standard InChI is InChI=1S/C25H23N5O3S/c1-15-21(24(31)27-18-10-4-5-11-19(18)33-3)22(16-8-6-9-17(14-16)32-2)30-25(26-15)28-23(29-30)20-12-7-13-34-20/h4-14,22H,1-3H3,(H,27,31)(H,26,28,29)/t22-/m0/s1. The molecule has 172 valence electrons. The van der Waals surface area contributed by atoms with Crippen molar-refractivity contribution in [3.63, 3.8) is 0 Å². The van der Waals surface area contributed by atoms with Crippen molar-refractivity contribution in [2.75, 3.05) is 24.9 Å². The van der Waals surface area contributed by atoms with Crippen molar-refractivity contribution in [1.82, 2.24) is 14.8 Å².